The molecule has 10 heteroatoms. The molecule has 3 aromatic carbocycles. The van der Waals surface area contributed by atoms with E-state index in [1.54, 1.807) is 68.4 Å². The molecule has 2 heterocycles. The Morgan fingerprint density at radius 1 is 0.652 bits per heavy atom. The van der Waals surface area contributed by atoms with Gasteiger partial charge >= 0.3 is 17.8 Å². The van der Waals surface area contributed by atoms with Crippen molar-refractivity contribution >= 4 is 39.2 Å². The summed E-state index contributed by atoms with van der Waals surface area (Å²) in [6, 6.07) is 24.5. The molecule has 3 aromatic rings. The molecular weight excluding hydrogens is 641 g/mol. The highest BCUT2D eigenvalue weighted by molar-refractivity contribution is 8.14. The normalized spacial score (nSPS) is 27.4. The van der Waals surface area contributed by atoms with E-state index < -0.39 is 38.4 Å². The third-order valence-corrected chi connectivity index (χ3v) is 12.8. The van der Waals surface area contributed by atoms with Gasteiger partial charge < -0.3 is 5.32 Å². The van der Waals surface area contributed by atoms with Gasteiger partial charge in [-0.05, 0) is 72.9 Å². The van der Waals surface area contributed by atoms with Crippen LogP contribution in [0.5, 0.6) is 0 Å². The summed E-state index contributed by atoms with van der Waals surface area (Å²) in [5.74, 6) is -16.1. The zero-order valence-corrected chi connectivity index (χ0v) is 26.4. The second kappa shape index (κ2) is 10.2. The summed E-state index contributed by atoms with van der Waals surface area (Å²) in [5.41, 5.74) is -0.498. The minimum Gasteiger partial charge on any atom is -0.346 e. The molecular formula is C36H27F6NOS2. The number of hydrogen-bond acceptors (Lipinski definition) is 3. The Labute approximate surface area is 270 Å². The molecule has 1 amide bonds. The predicted octanol–water partition coefficient (Wildman–Crippen LogP) is 10.1. The number of fused-ring (bicyclic) bond motifs is 4. The lowest BCUT2D eigenvalue weighted by Gasteiger charge is -2.47. The Balaban J connectivity index is 1.30. The van der Waals surface area contributed by atoms with E-state index in [0.717, 1.165) is 5.56 Å². The van der Waals surface area contributed by atoms with Gasteiger partial charge in [0.05, 0.1) is 15.5 Å². The van der Waals surface area contributed by atoms with E-state index in [4.69, 9.17) is 0 Å². The van der Waals surface area contributed by atoms with Crippen LogP contribution in [0.15, 0.2) is 119 Å². The maximum atomic E-state index is 15.6. The first-order chi connectivity index (χ1) is 21.6. The van der Waals surface area contributed by atoms with E-state index in [1.807, 2.05) is 37.3 Å². The van der Waals surface area contributed by atoms with Crippen molar-refractivity contribution in [2.75, 3.05) is 0 Å². The molecule has 236 valence electrons. The van der Waals surface area contributed by atoms with Gasteiger partial charge in [0, 0.05) is 26.5 Å². The molecule has 2 nitrogen and oxygen atoms in total. The molecule has 1 N–H and O–H groups in total. The van der Waals surface area contributed by atoms with Gasteiger partial charge in [-0.2, -0.15) is 26.3 Å². The van der Waals surface area contributed by atoms with Gasteiger partial charge in [-0.15, -0.1) is 23.5 Å². The Morgan fingerprint density at radius 3 is 1.57 bits per heavy atom. The van der Waals surface area contributed by atoms with Crippen LogP contribution in [0.25, 0.3) is 9.81 Å². The Hall–Kier alpha value is -3.63. The summed E-state index contributed by atoms with van der Waals surface area (Å²) in [7, 11) is 0. The molecule has 3 atom stereocenters. The zero-order chi connectivity index (χ0) is 32.9. The lowest BCUT2D eigenvalue weighted by molar-refractivity contribution is -0.258. The summed E-state index contributed by atoms with van der Waals surface area (Å²) in [4.78, 5) is 14.0. The molecule has 0 aromatic heterocycles. The van der Waals surface area contributed by atoms with Gasteiger partial charge in [0.25, 0.3) is 5.91 Å². The average molecular weight is 668 g/mol. The molecule has 0 radical (unpaired) electrons. The summed E-state index contributed by atoms with van der Waals surface area (Å²) < 4.78 is 90.0. The average Bonchev–Trinajstić information content (AvgIpc) is 3.62. The van der Waals surface area contributed by atoms with Crippen molar-refractivity contribution in [1.82, 2.24) is 5.32 Å². The van der Waals surface area contributed by atoms with E-state index in [-0.39, 0.29) is 23.1 Å². The van der Waals surface area contributed by atoms with E-state index in [0.29, 0.717) is 26.5 Å². The van der Waals surface area contributed by atoms with Crippen LogP contribution in [-0.2, 0) is 0 Å². The molecule has 2 aliphatic carbocycles. The van der Waals surface area contributed by atoms with Crippen LogP contribution in [0.3, 0.4) is 0 Å². The fourth-order valence-corrected chi connectivity index (χ4v) is 9.83. The maximum Gasteiger partial charge on any atom is 0.380 e. The first-order valence-electron chi connectivity index (χ1n) is 14.6. The Morgan fingerprint density at radius 2 is 1.09 bits per heavy atom. The molecule has 2 aliphatic heterocycles. The van der Waals surface area contributed by atoms with Crippen molar-refractivity contribution in [3.8, 4) is 0 Å². The van der Waals surface area contributed by atoms with Gasteiger partial charge in [0.2, 0.25) is 0 Å². The van der Waals surface area contributed by atoms with E-state index >= 15 is 26.3 Å². The number of nitrogens with one attached hydrogen (secondary N) is 1. The number of amides is 1. The molecule has 1 fully saturated rings. The van der Waals surface area contributed by atoms with Gasteiger partial charge in [-0.25, -0.2) is 0 Å². The second-order valence-corrected chi connectivity index (χ2v) is 15.1. The number of halogens is 6. The number of carbonyl (C=O) groups excluding carboxylic acids is 1. The van der Waals surface area contributed by atoms with Crippen molar-refractivity contribution < 1.29 is 31.1 Å². The van der Waals surface area contributed by atoms with Crippen LogP contribution in [0.4, 0.5) is 26.3 Å². The minimum absolute atomic E-state index is 0.207. The first-order valence-corrected chi connectivity index (χ1v) is 16.2. The van der Waals surface area contributed by atoms with Crippen LogP contribution in [0, 0.1) is 0 Å². The lowest BCUT2D eigenvalue weighted by atomic mass is 9.71. The van der Waals surface area contributed by atoms with Crippen LogP contribution in [0.1, 0.15) is 53.9 Å². The van der Waals surface area contributed by atoms with Crippen LogP contribution >= 0.6 is 23.5 Å². The summed E-state index contributed by atoms with van der Waals surface area (Å²) in [5, 5.41) is 2.94. The molecule has 0 saturated heterocycles. The third kappa shape index (κ3) is 4.11. The van der Waals surface area contributed by atoms with Crippen molar-refractivity contribution in [2.24, 2.45) is 0 Å². The predicted molar refractivity (Wildman–Crippen MR) is 172 cm³/mol. The van der Waals surface area contributed by atoms with Crippen LogP contribution in [0.2, 0.25) is 0 Å². The number of alkyl halides is 6. The van der Waals surface area contributed by atoms with E-state index in [2.05, 4.69) is 5.32 Å². The summed E-state index contributed by atoms with van der Waals surface area (Å²) in [6.07, 6.45) is 2.73. The molecule has 0 unspecified atom stereocenters. The zero-order valence-electron chi connectivity index (χ0n) is 24.8. The lowest BCUT2D eigenvalue weighted by Crippen LogP contribution is -2.48. The summed E-state index contributed by atoms with van der Waals surface area (Å²) in [6.45, 7) is 5.19. The largest absolute Gasteiger partial charge is 0.380 e. The summed E-state index contributed by atoms with van der Waals surface area (Å²) >= 11 is 2.41. The highest BCUT2D eigenvalue weighted by atomic mass is 32.2. The smallest absolute Gasteiger partial charge is 0.346 e. The van der Waals surface area contributed by atoms with Crippen molar-refractivity contribution in [1.29, 1.82) is 0 Å². The molecule has 1 saturated carbocycles. The first kappa shape index (κ1) is 31.0. The molecule has 0 spiro atoms. The highest BCUT2D eigenvalue weighted by Gasteiger charge is 2.84. The molecule has 46 heavy (non-hydrogen) atoms. The van der Waals surface area contributed by atoms with Crippen molar-refractivity contribution in [2.45, 2.75) is 54.1 Å². The molecule has 4 aliphatic rings. The minimum atomic E-state index is -5.61. The number of hydrogen-bond donors (Lipinski definition) is 1. The van der Waals surface area contributed by atoms with Crippen LogP contribution in [-0.4, -0.2) is 33.2 Å². The quantitative estimate of drug-likeness (QED) is 0.275. The SMILES string of the molecule is C[C@H](NC(=O)c1ccc(C2=CC3=C4C(=C5C=C(c6ccccc6)S[C@@]5(C)[C@]3(C)S2)C(F)(F)C(F)(F)C4(F)F)cc1)c1ccccc1. The molecule has 0 bridgehead atoms. The van der Waals surface area contributed by atoms with Gasteiger partial charge in [-0.1, -0.05) is 72.8 Å². The van der Waals surface area contributed by atoms with E-state index in [1.165, 1.54) is 35.7 Å². The van der Waals surface area contributed by atoms with Crippen molar-refractivity contribution in [3.05, 3.63) is 142 Å². The number of carbonyl (C=O) groups is 1. The molecule has 7 rings (SSSR count). The van der Waals surface area contributed by atoms with Gasteiger partial charge in [0.15, 0.2) is 0 Å². The topological polar surface area (TPSA) is 29.1 Å². The number of benzene rings is 3. The van der Waals surface area contributed by atoms with Gasteiger partial charge in [-0.3, -0.25) is 4.79 Å². The fraction of sp³-hybridized carbons (Fsp3) is 0.250. The number of rotatable bonds is 5. The van der Waals surface area contributed by atoms with Crippen molar-refractivity contribution in [3.63, 3.8) is 0 Å². The van der Waals surface area contributed by atoms with Gasteiger partial charge in [0.1, 0.15) is 0 Å². The highest BCUT2D eigenvalue weighted by Crippen LogP contribution is 2.75. The van der Waals surface area contributed by atoms with Crippen LogP contribution < -0.4 is 5.32 Å². The monoisotopic (exact) mass is 667 g/mol. The Bertz CT molecular complexity index is 1900. The van der Waals surface area contributed by atoms with E-state index in [9.17, 15) is 4.79 Å². The standard InChI is InChI=1S/C36H27F6NOS2/c1-20(21-10-6-4-7-11-21)43-31(44)24-16-14-23(15-17-24)28-19-26-30-29(34(37,38)36(41,42)35(30,39)40)25-18-27(22-12-8-5-9-13-22)45-32(25,2)33(26,3)46-28/h4-20H,1-3H3,(H,43,44)/t20-,32+,33+/m0/s1. The number of thioether (sulfide) groups is 2. The second-order valence-electron chi connectivity index (χ2n) is 12.1. The third-order valence-electron chi connectivity index (χ3n) is 9.46. The fourth-order valence-electron chi connectivity index (χ4n) is 6.69. The number of allylic oxidation sites excluding steroid dienone is 4. The Kier molecular flexibility index (Phi) is 6.86. The maximum absolute atomic E-state index is 15.6.